The highest BCUT2D eigenvalue weighted by molar-refractivity contribution is 5.75. The van der Waals surface area contributed by atoms with Crippen LogP contribution in [-0.4, -0.2) is 50.6 Å². The lowest BCUT2D eigenvalue weighted by Gasteiger charge is -2.29. The molecule has 0 spiro atoms. The van der Waals surface area contributed by atoms with Crippen LogP contribution in [0.1, 0.15) is 48.9 Å². The number of hydrogen-bond acceptors (Lipinski definition) is 4. The van der Waals surface area contributed by atoms with Gasteiger partial charge in [-0.25, -0.2) is 9.97 Å². The minimum atomic E-state index is -0.182. The van der Waals surface area contributed by atoms with Crippen molar-refractivity contribution in [3.05, 3.63) is 23.7 Å². The van der Waals surface area contributed by atoms with Crippen molar-refractivity contribution in [2.24, 2.45) is 0 Å². The molecule has 1 aliphatic heterocycles. The maximum Gasteiger partial charge on any atom is 0.209 e. The summed E-state index contributed by atoms with van der Waals surface area (Å²) in [5.74, 6) is 1.71. The zero-order valence-corrected chi connectivity index (χ0v) is 12.4. The molecule has 2 aliphatic rings. The van der Waals surface area contributed by atoms with Gasteiger partial charge in [0.2, 0.25) is 6.41 Å². The first kappa shape index (κ1) is 13.7. The molecule has 0 aromatic carbocycles. The van der Waals surface area contributed by atoms with Gasteiger partial charge in [0, 0.05) is 25.2 Å². The molecule has 1 amide bonds. The highest BCUT2D eigenvalue weighted by Gasteiger charge is 2.31. The monoisotopic (exact) mass is 300 g/mol. The number of aliphatic hydroxyl groups excluding tert-OH is 1. The molecule has 3 heterocycles. The number of nitrogens with zero attached hydrogens (tertiary/aromatic N) is 3. The largest absolute Gasteiger partial charge is 0.393 e. The van der Waals surface area contributed by atoms with Gasteiger partial charge in [0.05, 0.1) is 6.10 Å². The third-order valence-corrected chi connectivity index (χ3v) is 5.05. The second-order valence-electron chi connectivity index (χ2n) is 6.46. The van der Waals surface area contributed by atoms with Gasteiger partial charge < -0.3 is 15.0 Å². The third kappa shape index (κ3) is 2.27. The van der Waals surface area contributed by atoms with Gasteiger partial charge >= 0.3 is 0 Å². The Morgan fingerprint density at radius 1 is 1.27 bits per heavy atom. The van der Waals surface area contributed by atoms with Crippen molar-refractivity contribution in [2.45, 2.75) is 43.6 Å². The van der Waals surface area contributed by atoms with Crippen LogP contribution in [-0.2, 0) is 4.79 Å². The average molecular weight is 300 g/mol. The van der Waals surface area contributed by atoms with Crippen LogP contribution in [0.2, 0.25) is 0 Å². The number of pyridine rings is 1. The van der Waals surface area contributed by atoms with Gasteiger partial charge in [-0.1, -0.05) is 0 Å². The molecular weight excluding hydrogens is 280 g/mol. The summed E-state index contributed by atoms with van der Waals surface area (Å²) in [7, 11) is 0. The van der Waals surface area contributed by atoms with Crippen LogP contribution >= 0.6 is 0 Å². The number of imidazole rings is 1. The number of nitrogens with one attached hydrogen (secondary N) is 1. The summed E-state index contributed by atoms with van der Waals surface area (Å²) in [6, 6.07) is 2.06. The fraction of sp³-hybridized carbons (Fsp3) is 0.562. The molecule has 1 saturated carbocycles. The molecule has 22 heavy (non-hydrogen) atoms. The number of aromatic amines is 1. The van der Waals surface area contributed by atoms with Gasteiger partial charge in [-0.05, 0) is 43.2 Å². The summed E-state index contributed by atoms with van der Waals surface area (Å²) in [5, 5.41) is 9.47. The van der Waals surface area contributed by atoms with Gasteiger partial charge in [-0.15, -0.1) is 0 Å². The second kappa shape index (κ2) is 5.35. The standard InChI is InChI=1S/C16H20N4O2/c21-9-20-5-2-10(3-6-20)13-1-4-17-16-14(13)18-15(19-16)11-7-12(22)8-11/h1,4,9-12,22H,2-3,5-8H2,(H,17,18,19). The molecule has 116 valence electrons. The van der Waals surface area contributed by atoms with Crippen LogP contribution in [0.15, 0.2) is 12.3 Å². The Morgan fingerprint density at radius 3 is 2.73 bits per heavy atom. The van der Waals surface area contributed by atoms with Crippen molar-refractivity contribution in [2.75, 3.05) is 13.1 Å². The van der Waals surface area contributed by atoms with E-state index in [0.29, 0.717) is 11.8 Å². The Labute approximate surface area is 128 Å². The number of carbonyl (C=O) groups is 1. The van der Waals surface area contributed by atoms with Gasteiger partial charge in [0.1, 0.15) is 11.3 Å². The van der Waals surface area contributed by atoms with E-state index >= 15 is 0 Å². The first-order valence-corrected chi connectivity index (χ1v) is 7.96. The van der Waals surface area contributed by atoms with E-state index in [1.165, 1.54) is 5.56 Å². The van der Waals surface area contributed by atoms with Crippen LogP contribution in [0, 0.1) is 0 Å². The fourth-order valence-corrected chi connectivity index (χ4v) is 3.60. The predicted octanol–water partition coefficient (Wildman–Crippen LogP) is 1.53. The number of fused-ring (bicyclic) bond motifs is 1. The minimum Gasteiger partial charge on any atom is -0.393 e. The summed E-state index contributed by atoms with van der Waals surface area (Å²) in [5.41, 5.74) is 3.04. The van der Waals surface area contributed by atoms with Gasteiger partial charge in [-0.2, -0.15) is 0 Å². The summed E-state index contributed by atoms with van der Waals surface area (Å²) in [6.45, 7) is 1.62. The van der Waals surface area contributed by atoms with E-state index < -0.39 is 0 Å². The number of hydrogen-bond donors (Lipinski definition) is 2. The Hall–Kier alpha value is -1.95. The summed E-state index contributed by atoms with van der Waals surface area (Å²) in [4.78, 5) is 25.2. The smallest absolute Gasteiger partial charge is 0.209 e. The molecule has 2 N–H and O–H groups in total. The van der Waals surface area contributed by atoms with E-state index in [1.807, 2.05) is 11.1 Å². The first-order chi connectivity index (χ1) is 10.7. The van der Waals surface area contributed by atoms with Crippen LogP contribution in [0.4, 0.5) is 0 Å². The molecule has 4 rings (SSSR count). The van der Waals surface area contributed by atoms with Crippen molar-refractivity contribution < 1.29 is 9.90 Å². The molecule has 1 aliphatic carbocycles. The summed E-state index contributed by atoms with van der Waals surface area (Å²) < 4.78 is 0. The molecule has 0 radical (unpaired) electrons. The minimum absolute atomic E-state index is 0.182. The Balaban J connectivity index is 1.62. The van der Waals surface area contributed by atoms with E-state index in [1.54, 1.807) is 0 Å². The predicted molar refractivity (Wildman–Crippen MR) is 81.5 cm³/mol. The van der Waals surface area contributed by atoms with E-state index in [2.05, 4.69) is 16.0 Å². The number of rotatable bonds is 3. The third-order valence-electron chi connectivity index (χ3n) is 5.05. The zero-order valence-electron chi connectivity index (χ0n) is 12.4. The van der Waals surface area contributed by atoms with E-state index in [0.717, 1.165) is 62.2 Å². The number of piperidine rings is 1. The van der Waals surface area contributed by atoms with Crippen LogP contribution < -0.4 is 0 Å². The van der Waals surface area contributed by atoms with Crippen molar-refractivity contribution in [1.29, 1.82) is 0 Å². The molecule has 2 fully saturated rings. The van der Waals surface area contributed by atoms with E-state index in [-0.39, 0.29) is 6.10 Å². The number of aromatic nitrogens is 3. The average Bonchev–Trinajstić information content (AvgIpc) is 2.95. The fourth-order valence-electron chi connectivity index (χ4n) is 3.60. The Kier molecular flexibility index (Phi) is 3.33. The molecule has 6 nitrogen and oxygen atoms in total. The zero-order chi connectivity index (χ0) is 15.1. The van der Waals surface area contributed by atoms with Gasteiger partial charge in [0.15, 0.2) is 5.65 Å². The molecule has 2 aromatic heterocycles. The van der Waals surface area contributed by atoms with Gasteiger partial charge in [0.25, 0.3) is 0 Å². The lowest BCUT2D eigenvalue weighted by molar-refractivity contribution is -0.119. The Morgan fingerprint density at radius 2 is 2.05 bits per heavy atom. The molecule has 2 aromatic rings. The number of likely N-dealkylation sites (tertiary alicyclic amines) is 1. The molecule has 1 saturated heterocycles. The van der Waals surface area contributed by atoms with Crippen LogP contribution in [0.3, 0.4) is 0 Å². The van der Waals surface area contributed by atoms with Crippen LogP contribution in [0.25, 0.3) is 11.2 Å². The number of carbonyl (C=O) groups excluding carboxylic acids is 1. The Bertz CT molecular complexity index is 685. The summed E-state index contributed by atoms with van der Waals surface area (Å²) in [6.07, 6.45) is 6.11. The first-order valence-electron chi connectivity index (χ1n) is 7.96. The highest BCUT2D eigenvalue weighted by atomic mass is 16.3. The number of H-pyrrole nitrogens is 1. The van der Waals surface area contributed by atoms with Gasteiger partial charge in [-0.3, -0.25) is 4.79 Å². The van der Waals surface area contributed by atoms with Crippen LogP contribution in [0.5, 0.6) is 0 Å². The lowest BCUT2D eigenvalue weighted by Crippen LogP contribution is -2.31. The van der Waals surface area contributed by atoms with E-state index in [4.69, 9.17) is 4.98 Å². The molecule has 0 atom stereocenters. The summed E-state index contributed by atoms with van der Waals surface area (Å²) >= 11 is 0. The maximum atomic E-state index is 10.8. The van der Waals surface area contributed by atoms with Crippen molar-refractivity contribution >= 4 is 17.6 Å². The number of amides is 1. The molecule has 0 unspecified atom stereocenters. The van der Waals surface area contributed by atoms with Crippen molar-refractivity contribution in [1.82, 2.24) is 19.9 Å². The number of aliphatic hydroxyl groups is 1. The SMILES string of the molecule is O=CN1CCC(c2ccnc3[nH]c(C4CC(O)C4)nc23)CC1. The second-order valence-corrected chi connectivity index (χ2v) is 6.46. The lowest BCUT2D eigenvalue weighted by atomic mass is 9.82. The van der Waals surface area contributed by atoms with E-state index in [9.17, 15) is 9.90 Å². The molecule has 0 bridgehead atoms. The van der Waals surface area contributed by atoms with Crippen molar-refractivity contribution in [3.8, 4) is 0 Å². The topological polar surface area (TPSA) is 82.1 Å². The van der Waals surface area contributed by atoms with Crippen molar-refractivity contribution in [3.63, 3.8) is 0 Å². The maximum absolute atomic E-state index is 10.8. The molecule has 6 heteroatoms. The molecular formula is C16H20N4O2. The quantitative estimate of drug-likeness (QED) is 0.842. The normalized spacial score (nSPS) is 26.1. The highest BCUT2D eigenvalue weighted by Crippen LogP contribution is 2.37.